The van der Waals surface area contributed by atoms with Crippen molar-refractivity contribution >= 4 is 0 Å². The van der Waals surface area contributed by atoms with Gasteiger partial charge >= 0.3 is 0 Å². The van der Waals surface area contributed by atoms with Gasteiger partial charge in [0.25, 0.3) is 0 Å². The molecule has 23 heavy (non-hydrogen) atoms. The Morgan fingerprint density at radius 2 is 1.52 bits per heavy atom. The minimum absolute atomic E-state index is 0.0912. The number of aryl methyl sites for hydroxylation is 1. The maximum atomic E-state index is 13.7. The van der Waals surface area contributed by atoms with E-state index in [1.165, 1.54) is 56.2 Å². The molecule has 0 spiro atoms. The van der Waals surface area contributed by atoms with Crippen LogP contribution in [0.4, 0.5) is 4.39 Å². The average Bonchev–Trinajstić information content (AvgIpc) is 2.58. The van der Waals surface area contributed by atoms with Crippen LogP contribution in [0.25, 0.3) is 11.1 Å². The number of unbranched alkanes of at least 4 members (excludes halogenated alkanes) is 5. The number of hydrogen-bond acceptors (Lipinski definition) is 1. The molecule has 1 nitrogen and oxygen atoms in total. The second-order valence-electron chi connectivity index (χ2n) is 6.02. The van der Waals surface area contributed by atoms with Crippen LogP contribution in [-0.2, 0) is 6.42 Å². The van der Waals surface area contributed by atoms with E-state index < -0.39 is 5.82 Å². The van der Waals surface area contributed by atoms with Crippen LogP contribution >= 0.6 is 0 Å². The van der Waals surface area contributed by atoms with Gasteiger partial charge in [0.1, 0.15) is 11.9 Å². The van der Waals surface area contributed by atoms with Crippen LogP contribution in [0.15, 0.2) is 42.5 Å². The summed E-state index contributed by atoms with van der Waals surface area (Å²) in [5.41, 5.74) is 3.22. The number of rotatable bonds is 8. The Bertz CT molecular complexity index is 653. The maximum absolute atomic E-state index is 13.7. The SMILES string of the molecule is CCCCCCCCc1ccc(-c2ccc(C#N)c(F)c2)cc1. The van der Waals surface area contributed by atoms with Crippen LogP contribution in [0.5, 0.6) is 0 Å². The van der Waals surface area contributed by atoms with Crippen LogP contribution in [0.1, 0.15) is 56.6 Å². The van der Waals surface area contributed by atoms with E-state index in [-0.39, 0.29) is 5.56 Å². The van der Waals surface area contributed by atoms with E-state index in [0.29, 0.717) is 0 Å². The molecule has 0 saturated carbocycles. The third kappa shape index (κ3) is 5.21. The van der Waals surface area contributed by atoms with Crippen molar-refractivity contribution in [3.05, 3.63) is 59.4 Å². The Hall–Kier alpha value is -2.14. The lowest BCUT2D eigenvalue weighted by molar-refractivity contribution is 0.607. The summed E-state index contributed by atoms with van der Waals surface area (Å²) in [6, 6.07) is 14.9. The highest BCUT2D eigenvalue weighted by atomic mass is 19.1. The molecule has 2 aromatic carbocycles. The molecule has 0 saturated heterocycles. The Labute approximate surface area is 138 Å². The Morgan fingerprint density at radius 1 is 0.870 bits per heavy atom. The zero-order valence-electron chi connectivity index (χ0n) is 13.8. The highest BCUT2D eigenvalue weighted by molar-refractivity contribution is 5.64. The monoisotopic (exact) mass is 309 g/mol. The predicted molar refractivity (Wildman–Crippen MR) is 93.6 cm³/mol. The van der Waals surface area contributed by atoms with Crippen molar-refractivity contribution in [3.63, 3.8) is 0 Å². The number of benzene rings is 2. The van der Waals surface area contributed by atoms with Crippen LogP contribution in [-0.4, -0.2) is 0 Å². The van der Waals surface area contributed by atoms with Crippen molar-refractivity contribution in [1.29, 1.82) is 5.26 Å². The Balaban J connectivity index is 1.89. The highest BCUT2D eigenvalue weighted by Crippen LogP contribution is 2.23. The molecular formula is C21H24FN. The summed E-state index contributed by atoms with van der Waals surface area (Å²) in [7, 11) is 0. The third-order valence-corrected chi connectivity index (χ3v) is 4.20. The number of nitrogens with zero attached hydrogens (tertiary/aromatic N) is 1. The third-order valence-electron chi connectivity index (χ3n) is 4.20. The minimum Gasteiger partial charge on any atom is -0.206 e. The van der Waals surface area contributed by atoms with Crippen molar-refractivity contribution in [2.24, 2.45) is 0 Å². The van der Waals surface area contributed by atoms with Crippen LogP contribution < -0.4 is 0 Å². The molecule has 2 rings (SSSR count). The van der Waals surface area contributed by atoms with Crippen molar-refractivity contribution < 1.29 is 4.39 Å². The first-order chi connectivity index (χ1) is 11.2. The Morgan fingerprint density at radius 3 is 2.17 bits per heavy atom. The maximum Gasteiger partial charge on any atom is 0.141 e. The Kier molecular flexibility index (Phi) is 6.81. The zero-order chi connectivity index (χ0) is 16.5. The predicted octanol–water partition coefficient (Wildman–Crippen LogP) is 6.27. The lowest BCUT2D eigenvalue weighted by atomic mass is 10.00. The average molecular weight is 309 g/mol. The summed E-state index contributed by atoms with van der Waals surface area (Å²) in [6.45, 7) is 2.24. The van der Waals surface area contributed by atoms with Gasteiger partial charge in [0, 0.05) is 0 Å². The first kappa shape index (κ1) is 17.2. The quantitative estimate of drug-likeness (QED) is 0.527. The molecule has 0 aliphatic heterocycles. The normalized spacial score (nSPS) is 10.5. The van der Waals surface area contributed by atoms with Crippen molar-refractivity contribution in [1.82, 2.24) is 0 Å². The van der Waals surface area contributed by atoms with E-state index in [4.69, 9.17) is 5.26 Å². The fraction of sp³-hybridized carbons (Fsp3) is 0.381. The molecule has 0 heterocycles. The highest BCUT2D eigenvalue weighted by Gasteiger charge is 2.04. The van der Waals surface area contributed by atoms with Crippen molar-refractivity contribution in [2.75, 3.05) is 0 Å². The molecule has 2 aromatic rings. The second-order valence-corrected chi connectivity index (χ2v) is 6.02. The molecule has 0 N–H and O–H groups in total. The second kappa shape index (κ2) is 9.10. The van der Waals surface area contributed by atoms with Gasteiger partial charge < -0.3 is 0 Å². The molecular weight excluding hydrogens is 285 g/mol. The molecule has 0 aliphatic rings. The lowest BCUT2D eigenvalue weighted by Crippen LogP contribution is -1.88. The van der Waals surface area contributed by atoms with Gasteiger partial charge in [-0.2, -0.15) is 5.26 Å². The van der Waals surface area contributed by atoms with E-state index in [2.05, 4.69) is 19.1 Å². The molecule has 0 unspecified atom stereocenters. The van der Waals surface area contributed by atoms with E-state index in [1.54, 1.807) is 6.07 Å². The van der Waals surface area contributed by atoms with Gasteiger partial charge in [-0.05, 0) is 41.7 Å². The van der Waals surface area contributed by atoms with Gasteiger partial charge in [0.2, 0.25) is 0 Å². The minimum atomic E-state index is -0.457. The summed E-state index contributed by atoms with van der Waals surface area (Å²) in [6.07, 6.45) is 8.94. The largest absolute Gasteiger partial charge is 0.206 e. The van der Waals surface area contributed by atoms with E-state index in [9.17, 15) is 4.39 Å². The van der Waals surface area contributed by atoms with Gasteiger partial charge in [-0.3, -0.25) is 0 Å². The molecule has 0 atom stereocenters. The summed E-state index contributed by atoms with van der Waals surface area (Å²) in [5, 5.41) is 8.78. The van der Waals surface area contributed by atoms with E-state index in [1.807, 2.05) is 18.2 Å². The molecule has 2 heteroatoms. The fourth-order valence-corrected chi connectivity index (χ4v) is 2.76. The summed E-state index contributed by atoms with van der Waals surface area (Å²) in [4.78, 5) is 0. The summed E-state index contributed by atoms with van der Waals surface area (Å²) >= 11 is 0. The topological polar surface area (TPSA) is 23.8 Å². The smallest absolute Gasteiger partial charge is 0.141 e. The van der Waals surface area contributed by atoms with Gasteiger partial charge in [0.15, 0.2) is 0 Å². The summed E-state index contributed by atoms with van der Waals surface area (Å²) < 4.78 is 13.7. The van der Waals surface area contributed by atoms with E-state index in [0.717, 1.165) is 17.5 Å². The molecule has 0 bridgehead atoms. The number of halogens is 1. The fourth-order valence-electron chi connectivity index (χ4n) is 2.76. The molecule has 0 aromatic heterocycles. The lowest BCUT2D eigenvalue weighted by Gasteiger charge is -2.06. The van der Waals surface area contributed by atoms with Crippen LogP contribution in [0, 0.1) is 17.1 Å². The van der Waals surface area contributed by atoms with Gasteiger partial charge in [-0.1, -0.05) is 69.4 Å². The zero-order valence-corrected chi connectivity index (χ0v) is 13.8. The first-order valence-corrected chi connectivity index (χ1v) is 8.53. The van der Waals surface area contributed by atoms with Crippen molar-refractivity contribution in [3.8, 4) is 17.2 Å². The van der Waals surface area contributed by atoms with Gasteiger partial charge in [-0.15, -0.1) is 0 Å². The standard InChI is InChI=1S/C21H24FN/c1-2-3-4-5-6-7-8-17-9-11-18(12-10-17)19-13-14-20(16-23)21(22)15-19/h9-15H,2-8H2,1H3. The van der Waals surface area contributed by atoms with E-state index >= 15 is 0 Å². The molecule has 0 aliphatic carbocycles. The molecule has 0 fully saturated rings. The molecule has 0 amide bonds. The van der Waals surface area contributed by atoms with Gasteiger partial charge in [0.05, 0.1) is 5.56 Å². The summed E-state index contributed by atoms with van der Waals surface area (Å²) in [5.74, 6) is -0.457. The van der Waals surface area contributed by atoms with Gasteiger partial charge in [-0.25, -0.2) is 4.39 Å². The van der Waals surface area contributed by atoms with Crippen molar-refractivity contribution in [2.45, 2.75) is 51.9 Å². The van der Waals surface area contributed by atoms with Crippen LogP contribution in [0.3, 0.4) is 0 Å². The first-order valence-electron chi connectivity index (χ1n) is 8.53. The molecule has 120 valence electrons. The number of nitriles is 1. The number of hydrogen-bond donors (Lipinski definition) is 0. The molecule has 0 radical (unpaired) electrons. The van der Waals surface area contributed by atoms with Crippen LogP contribution in [0.2, 0.25) is 0 Å².